The van der Waals surface area contributed by atoms with Crippen molar-refractivity contribution in [2.24, 2.45) is 21.1 Å². The summed E-state index contributed by atoms with van der Waals surface area (Å²) in [5.41, 5.74) is 1.27. The van der Waals surface area contributed by atoms with Crippen LogP contribution in [0.15, 0.2) is 55.8 Å². The molecule has 4 aromatic rings. The number of nitrogens with one attached hydrogen (secondary N) is 5. The molecule has 5 N–H and O–H groups in total. The summed E-state index contributed by atoms with van der Waals surface area (Å²) in [5, 5.41) is 10.6. The Hall–Kier alpha value is -5.93. The Morgan fingerprint density at radius 3 is 2.26 bits per heavy atom. The van der Waals surface area contributed by atoms with Gasteiger partial charge in [-0.05, 0) is 12.1 Å². The van der Waals surface area contributed by atoms with Crippen LogP contribution in [0.3, 0.4) is 0 Å². The molecule has 0 saturated heterocycles. The lowest BCUT2D eigenvalue weighted by Gasteiger charge is -2.06. The molecule has 4 heterocycles. The van der Waals surface area contributed by atoms with Crippen LogP contribution < -0.4 is 21.3 Å². The first-order valence-electron chi connectivity index (χ1n) is 12.9. The molecule has 4 rings (SSSR count). The summed E-state index contributed by atoms with van der Waals surface area (Å²) in [5.74, 6) is -2.16. The first kappa shape index (κ1) is 30.0. The van der Waals surface area contributed by atoms with Crippen LogP contribution in [-0.2, 0) is 30.7 Å². The fourth-order valence-corrected chi connectivity index (χ4v) is 3.99. The fourth-order valence-electron chi connectivity index (χ4n) is 3.99. The summed E-state index contributed by atoms with van der Waals surface area (Å²) in [6.07, 6.45) is 8.96. The predicted molar refractivity (Wildman–Crippen MR) is 155 cm³/mol. The van der Waals surface area contributed by atoms with Crippen LogP contribution >= 0.6 is 0 Å². The molecule has 4 aromatic heterocycles. The highest BCUT2D eigenvalue weighted by atomic mass is 16.5. The molecule has 0 bridgehead atoms. The fraction of sp³-hybridized carbons (Fsp3) is 0.222. The topological polar surface area (TPSA) is 199 Å². The van der Waals surface area contributed by atoms with Crippen molar-refractivity contribution in [2.45, 2.75) is 6.42 Å². The van der Waals surface area contributed by atoms with Crippen LogP contribution in [-0.4, -0.2) is 71.4 Å². The Balaban J connectivity index is 1.26. The lowest BCUT2D eigenvalue weighted by atomic mass is 10.3. The van der Waals surface area contributed by atoms with E-state index in [1.54, 1.807) is 38.1 Å². The van der Waals surface area contributed by atoms with Gasteiger partial charge in [-0.1, -0.05) is 12.7 Å². The summed E-state index contributed by atoms with van der Waals surface area (Å²) < 4.78 is 9.52. The van der Waals surface area contributed by atoms with E-state index in [1.165, 1.54) is 45.9 Å². The summed E-state index contributed by atoms with van der Waals surface area (Å²) in [6, 6.07) is 2.97. The monoisotopic (exact) mass is 590 g/mol. The number of nitrogens with zero attached hydrogens (tertiary/aromatic N) is 5. The molecule has 16 heteroatoms. The highest BCUT2D eigenvalue weighted by molar-refractivity contribution is 6.04. The van der Waals surface area contributed by atoms with E-state index < -0.39 is 29.6 Å². The van der Waals surface area contributed by atoms with Gasteiger partial charge in [0.25, 0.3) is 17.7 Å². The van der Waals surface area contributed by atoms with Crippen molar-refractivity contribution in [2.75, 3.05) is 29.1 Å². The van der Waals surface area contributed by atoms with E-state index in [1.807, 2.05) is 0 Å². The van der Waals surface area contributed by atoms with Gasteiger partial charge in [-0.15, -0.1) is 0 Å². The van der Waals surface area contributed by atoms with E-state index >= 15 is 0 Å². The van der Waals surface area contributed by atoms with Crippen molar-refractivity contribution in [3.05, 3.63) is 78.8 Å². The number of amides is 4. The van der Waals surface area contributed by atoms with E-state index in [0.717, 1.165) is 0 Å². The molecule has 0 radical (unpaired) electrons. The molecule has 16 nitrogen and oxygen atoms in total. The molecule has 0 aliphatic heterocycles. The molecular formula is C27H30N10O6. The minimum atomic E-state index is -0.566. The average molecular weight is 591 g/mol. The molecule has 4 amide bonds. The number of anilines is 3. The zero-order valence-electron chi connectivity index (χ0n) is 23.6. The van der Waals surface area contributed by atoms with Crippen molar-refractivity contribution >= 4 is 46.8 Å². The molecule has 0 unspecified atom stereocenters. The van der Waals surface area contributed by atoms with Gasteiger partial charge in [-0.3, -0.25) is 19.2 Å². The number of H-pyrrole nitrogens is 1. The maximum absolute atomic E-state index is 12.8. The summed E-state index contributed by atoms with van der Waals surface area (Å²) in [4.78, 5) is 72.9. The van der Waals surface area contributed by atoms with Crippen LogP contribution in [0.1, 0.15) is 48.6 Å². The Morgan fingerprint density at radius 2 is 1.58 bits per heavy atom. The maximum Gasteiger partial charge on any atom is 0.355 e. The van der Waals surface area contributed by atoms with Crippen molar-refractivity contribution in [3.8, 4) is 0 Å². The highest BCUT2D eigenvalue weighted by Gasteiger charge is 2.19. The van der Waals surface area contributed by atoms with Crippen LogP contribution in [0.5, 0.6) is 0 Å². The molecule has 0 aromatic carbocycles. The number of carbonyl (C=O) groups excluding carboxylic acids is 5. The second-order valence-corrected chi connectivity index (χ2v) is 9.30. The number of esters is 1. The third kappa shape index (κ3) is 7.43. The highest BCUT2D eigenvalue weighted by Crippen LogP contribution is 2.17. The second-order valence-electron chi connectivity index (χ2n) is 9.30. The van der Waals surface area contributed by atoms with Crippen molar-refractivity contribution < 1.29 is 28.7 Å². The summed E-state index contributed by atoms with van der Waals surface area (Å²) in [7, 11) is 4.87. The lowest BCUT2D eigenvalue weighted by Crippen LogP contribution is -2.29. The minimum Gasteiger partial charge on any atom is -0.457 e. The Morgan fingerprint density at radius 1 is 0.907 bits per heavy atom. The Kier molecular flexibility index (Phi) is 9.19. The van der Waals surface area contributed by atoms with E-state index in [-0.39, 0.29) is 48.4 Å². The van der Waals surface area contributed by atoms with Gasteiger partial charge in [0.1, 0.15) is 18.0 Å². The zero-order valence-corrected chi connectivity index (χ0v) is 23.6. The number of aryl methyl sites for hydroxylation is 3. The number of imidazole rings is 2. The van der Waals surface area contributed by atoms with E-state index in [9.17, 15) is 24.0 Å². The molecule has 0 saturated carbocycles. The largest absolute Gasteiger partial charge is 0.457 e. The third-order valence-electron chi connectivity index (χ3n) is 6.00. The van der Waals surface area contributed by atoms with Crippen LogP contribution in [0.2, 0.25) is 0 Å². The lowest BCUT2D eigenvalue weighted by molar-refractivity contribution is -0.116. The van der Waals surface area contributed by atoms with Crippen LogP contribution in [0.25, 0.3) is 0 Å². The number of aromatic nitrogens is 6. The normalized spacial score (nSPS) is 10.6. The molecule has 0 aliphatic carbocycles. The van der Waals surface area contributed by atoms with Gasteiger partial charge in [-0.25, -0.2) is 14.8 Å². The maximum atomic E-state index is 12.8. The van der Waals surface area contributed by atoms with Crippen molar-refractivity contribution in [1.82, 2.24) is 34.0 Å². The number of ether oxygens (including phenoxy) is 1. The average Bonchev–Trinajstić information content (AvgIpc) is 3.75. The Labute approximate surface area is 245 Å². The molecule has 224 valence electrons. The number of hydrogen-bond donors (Lipinski definition) is 5. The smallest absolute Gasteiger partial charge is 0.355 e. The van der Waals surface area contributed by atoms with Gasteiger partial charge in [0.05, 0.1) is 11.4 Å². The van der Waals surface area contributed by atoms with Crippen LogP contribution in [0.4, 0.5) is 17.2 Å². The van der Waals surface area contributed by atoms with E-state index in [2.05, 4.69) is 42.8 Å². The standard InChI is InChI=1S/C27H30N10O6/c1-5-10-43-27(42)19-12-17(14-36(19)3)32-26(41)23-34-20(15-37(23)4)33-21(38)6-7-30-24(39)18-11-16(13-35(18)2)31-25(40)22-28-8-9-29-22/h5,8-9,11-15H,1,6-7,10H2,2-4H3,(H,28,29)(H,30,39)(H,31,40)(H,32,41)(H,33,38). The summed E-state index contributed by atoms with van der Waals surface area (Å²) in [6.45, 7) is 3.58. The minimum absolute atomic E-state index is 0.0156. The SMILES string of the molecule is C=CCOC(=O)c1cc(NC(=O)c2nc(NC(=O)CCNC(=O)c3cc(NC(=O)c4ncc[nH]4)cn3C)cn2C)cn1C. The number of rotatable bonds is 12. The predicted octanol–water partition coefficient (Wildman–Crippen LogP) is 1.43. The van der Waals surface area contributed by atoms with Crippen LogP contribution in [0, 0.1) is 0 Å². The quantitative estimate of drug-likeness (QED) is 0.120. The molecule has 0 spiro atoms. The van der Waals surface area contributed by atoms with E-state index in [0.29, 0.717) is 11.4 Å². The molecule has 0 aliphatic rings. The van der Waals surface area contributed by atoms with Crippen molar-refractivity contribution in [3.63, 3.8) is 0 Å². The first-order valence-corrected chi connectivity index (χ1v) is 12.9. The molecule has 0 fully saturated rings. The molecule has 43 heavy (non-hydrogen) atoms. The molecular weight excluding hydrogens is 560 g/mol. The summed E-state index contributed by atoms with van der Waals surface area (Å²) >= 11 is 0. The number of hydrogen-bond acceptors (Lipinski definition) is 8. The second kappa shape index (κ2) is 13.2. The first-order chi connectivity index (χ1) is 20.5. The van der Waals surface area contributed by atoms with Gasteiger partial charge < -0.3 is 44.7 Å². The molecule has 0 atom stereocenters. The number of carbonyl (C=O) groups is 5. The van der Waals surface area contributed by atoms with Crippen molar-refractivity contribution in [1.29, 1.82) is 0 Å². The third-order valence-corrected chi connectivity index (χ3v) is 6.00. The van der Waals surface area contributed by atoms with Gasteiger partial charge in [0.15, 0.2) is 11.6 Å². The van der Waals surface area contributed by atoms with Gasteiger partial charge in [0.2, 0.25) is 11.7 Å². The van der Waals surface area contributed by atoms with Gasteiger partial charge >= 0.3 is 5.97 Å². The Bertz CT molecular complexity index is 1680. The van der Waals surface area contributed by atoms with E-state index in [4.69, 9.17) is 4.74 Å². The van der Waals surface area contributed by atoms with Gasteiger partial charge in [-0.2, -0.15) is 0 Å². The van der Waals surface area contributed by atoms with Gasteiger partial charge in [0, 0.05) is 65.1 Å². The zero-order chi connectivity index (χ0) is 31.1. The number of aromatic amines is 1.